The quantitative estimate of drug-likeness (QED) is 0.922. The molecule has 1 saturated carbocycles. The summed E-state index contributed by atoms with van der Waals surface area (Å²) < 4.78 is 29.5. The molecular weight excluding hydrogens is 322 g/mol. The zero-order valence-electron chi connectivity index (χ0n) is 12.3. The van der Waals surface area contributed by atoms with Gasteiger partial charge in [0.2, 0.25) is 0 Å². The van der Waals surface area contributed by atoms with E-state index in [4.69, 9.17) is 11.6 Å². The first-order chi connectivity index (χ1) is 10.5. The number of hydrogen-bond donors (Lipinski definition) is 1. The highest BCUT2D eigenvalue weighted by molar-refractivity contribution is 7.92. The van der Waals surface area contributed by atoms with Gasteiger partial charge < -0.3 is 0 Å². The van der Waals surface area contributed by atoms with Crippen LogP contribution in [0.15, 0.2) is 35.4 Å². The Labute approximate surface area is 135 Å². The number of sulfonamides is 1. The van der Waals surface area contributed by atoms with Gasteiger partial charge in [-0.15, -0.1) is 0 Å². The fourth-order valence-electron chi connectivity index (χ4n) is 2.85. The molecule has 5 nitrogen and oxygen atoms in total. The van der Waals surface area contributed by atoms with Gasteiger partial charge in [0.25, 0.3) is 10.0 Å². The Morgan fingerprint density at radius 2 is 2.05 bits per heavy atom. The third-order valence-electron chi connectivity index (χ3n) is 3.94. The van der Waals surface area contributed by atoms with Gasteiger partial charge in [0, 0.05) is 11.2 Å². The van der Waals surface area contributed by atoms with Crippen LogP contribution in [0.25, 0.3) is 0 Å². The molecule has 7 heteroatoms. The van der Waals surface area contributed by atoms with E-state index in [0.29, 0.717) is 22.4 Å². The van der Waals surface area contributed by atoms with Crippen molar-refractivity contribution in [1.29, 1.82) is 0 Å². The molecular formula is C15H18ClN3O2S. The molecule has 1 aliphatic carbocycles. The minimum absolute atomic E-state index is 0.222. The minimum atomic E-state index is -3.66. The van der Waals surface area contributed by atoms with Gasteiger partial charge in [-0.2, -0.15) is 5.10 Å². The molecule has 0 spiro atoms. The second-order valence-corrected chi connectivity index (χ2v) is 7.70. The summed E-state index contributed by atoms with van der Waals surface area (Å²) >= 11 is 5.89. The summed E-state index contributed by atoms with van der Waals surface area (Å²) in [5, 5.41) is 4.87. The Bertz CT molecular complexity index is 780. The minimum Gasteiger partial charge on any atom is -0.279 e. The van der Waals surface area contributed by atoms with Crippen LogP contribution in [-0.4, -0.2) is 18.2 Å². The summed E-state index contributed by atoms with van der Waals surface area (Å²) in [5.41, 5.74) is 0.960. The fraction of sp³-hybridized carbons (Fsp3) is 0.400. The molecule has 2 aromatic rings. The van der Waals surface area contributed by atoms with E-state index in [-0.39, 0.29) is 4.90 Å². The molecule has 0 bridgehead atoms. The van der Waals surface area contributed by atoms with Crippen molar-refractivity contribution < 1.29 is 8.42 Å². The lowest BCUT2D eigenvalue weighted by molar-refractivity contribution is 0.464. The van der Waals surface area contributed by atoms with Crippen molar-refractivity contribution in [3.05, 3.63) is 41.2 Å². The summed E-state index contributed by atoms with van der Waals surface area (Å²) in [6.45, 7) is 1.72. The molecule has 1 heterocycles. The van der Waals surface area contributed by atoms with Crippen LogP contribution in [-0.2, 0) is 10.0 Å². The van der Waals surface area contributed by atoms with Crippen LogP contribution in [0.2, 0.25) is 5.02 Å². The van der Waals surface area contributed by atoms with Gasteiger partial charge in [-0.1, -0.05) is 30.5 Å². The number of rotatable bonds is 4. The van der Waals surface area contributed by atoms with E-state index in [9.17, 15) is 8.42 Å². The van der Waals surface area contributed by atoms with E-state index in [0.717, 1.165) is 12.8 Å². The lowest BCUT2D eigenvalue weighted by atomic mass is 10.3. The second-order valence-electron chi connectivity index (χ2n) is 5.61. The molecule has 1 N–H and O–H groups in total. The standard InChI is InChI=1S/C15H18ClN3O2S/c1-11-15(10-19(17-11)14-7-2-3-8-14)22(20,21)18-13-6-4-5-12(16)9-13/h4-6,9-10,14,18H,2-3,7-8H2,1H3. The van der Waals surface area contributed by atoms with E-state index in [1.165, 1.54) is 12.8 Å². The van der Waals surface area contributed by atoms with Crippen LogP contribution in [0.4, 0.5) is 5.69 Å². The summed E-state index contributed by atoms with van der Waals surface area (Å²) in [5.74, 6) is 0. The molecule has 1 fully saturated rings. The van der Waals surface area contributed by atoms with Crippen LogP contribution in [0.1, 0.15) is 37.4 Å². The van der Waals surface area contributed by atoms with Crippen molar-refractivity contribution >= 4 is 27.3 Å². The number of aromatic nitrogens is 2. The molecule has 0 aliphatic heterocycles. The molecule has 22 heavy (non-hydrogen) atoms. The van der Waals surface area contributed by atoms with Gasteiger partial charge in [-0.25, -0.2) is 8.42 Å². The van der Waals surface area contributed by atoms with Gasteiger partial charge in [-0.3, -0.25) is 9.40 Å². The highest BCUT2D eigenvalue weighted by Gasteiger charge is 2.24. The van der Waals surface area contributed by atoms with Crippen LogP contribution in [0.3, 0.4) is 0 Å². The normalized spacial score (nSPS) is 16.1. The van der Waals surface area contributed by atoms with E-state index >= 15 is 0 Å². The van der Waals surface area contributed by atoms with Crippen molar-refractivity contribution in [3.8, 4) is 0 Å². The maximum Gasteiger partial charge on any atom is 0.265 e. The largest absolute Gasteiger partial charge is 0.279 e. The molecule has 0 unspecified atom stereocenters. The Balaban J connectivity index is 1.88. The number of nitrogens with one attached hydrogen (secondary N) is 1. The summed E-state index contributed by atoms with van der Waals surface area (Å²) in [4.78, 5) is 0.222. The van der Waals surface area contributed by atoms with E-state index in [1.807, 2.05) is 0 Å². The van der Waals surface area contributed by atoms with Gasteiger partial charge in [0.15, 0.2) is 0 Å². The average Bonchev–Trinajstić information content (AvgIpc) is 3.07. The maximum absolute atomic E-state index is 12.6. The SMILES string of the molecule is Cc1nn(C2CCCC2)cc1S(=O)(=O)Nc1cccc(Cl)c1. The van der Waals surface area contributed by atoms with Crippen molar-refractivity contribution in [2.24, 2.45) is 0 Å². The monoisotopic (exact) mass is 339 g/mol. The zero-order chi connectivity index (χ0) is 15.7. The molecule has 0 amide bonds. The molecule has 0 atom stereocenters. The molecule has 1 aromatic heterocycles. The molecule has 0 radical (unpaired) electrons. The van der Waals surface area contributed by atoms with Crippen LogP contribution >= 0.6 is 11.6 Å². The topological polar surface area (TPSA) is 64.0 Å². The second kappa shape index (κ2) is 5.93. The number of benzene rings is 1. The Morgan fingerprint density at radius 3 is 2.73 bits per heavy atom. The third kappa shape index (κ3) is 3.13. The first-order valence-corrected chi connectivity index (χ1v) is 9.16. The number of hydrogen-bond acceptors (Lipinski definition) is 3. The third-order valence-corrected chi connectivity index (χ3v) is 5.66. The van der Waals surface area contributed by atoms with Gasteiger partial charge in [0.1, 0.15) is 4.90 Å². The van der Waals surface area contributed by atoms with Crippen LogP contribution in [0, 0.1) is 6.92 Å². The zero-order valence-corrected chi connectivity index (χ0v) is 13.9. The highest BCUT2D eigenvalue weighted by Crippen LogP contribution is 2.30. The van der Waals surface area contributed by atoms with Crippen LogP contribution in [0.5, 0.6) is 0 Å². The van der Waals surface area contributed by atoms with Crippen molar-refractivity contribution in [2.45, 2.75) is 43.5 Å². The van der Waals surface area contributed by atoms with E-state index in [1.54, 1.807) is 42.1 Å². The number of nitrogens with zero attached hydrogens (tertiary/aromatic N) is 2. The van der Waals surface area contributed by atoms with E-state index in [2.05, 4.69) is 9.82 Å². The van der Waals surface area contributed by atoms with Crippen LogP contribution < -0.4 is 4.72 Å². The molecule has 0 saturated heterocycles. The Morgan fingerprint density at radius 1 is 1.32 bits per heavy atom. The fourth-order valence-corrected chi connectivity index (χ4v) is 4.26. The first-order valence-electron chi connectivity index (χ1n) is 7.30. The van der Waals surface area contributed by atoms with Crippen molar-refractivity contribution in [3.63, 3.8) is 0 Å². The van der Waals surface area contributed by atoms with Crippen molar-refractivity contribution in [2.75, 3.05) is 4.72 Å². The van der Waals surface area contributed by atoms with Crippen molar-refractivity contribution in [1.82, 2.24) is 9.78 Å². The average molecular weight is 340 g/mol. The van der Waals surface area contributed by atoms with E-state index < -0.39 is 10.0 Å². The summed E-state index contributed by atoms with van der Waals surface area (Å²) in [6, 6.07) is 6.96. The Hall–Kier alpha value is -1.53. The number of aryl methyl sites for hydroxylation is 1. The predicted molar refractivity (Wildman–Crippen MR) is 86.7 cm³/mol. The predicted octanol–water partition coefficient (Wildman–Crippen LogP) is 3.76. The lowest BCUT2D eigenvalue weighted by Gasteiger charge is -2.09. The van der Waals surface area contributed by atoms with Gasteiger partial charge >= 0.3 is 0 Å². The van der Waals surface area contributed by atoms with Gasteiger partial charge in [-0.05, 0) is 38.0 Å². The molecule has 1 aliphatic rings. The number of halogens is 1. The maximum atomic E-state index is 12.6. The Kier molecular flexibility index (Phi) is 4.14. The highest BCUT2D eigenvalue weighted by atomic mass is 35.5. The lowest BCUT2D eigenvalue weighted by Crippen LogP contribution is -2.13. The van der Waals surface area contributed by atoms with Gasteiger partial charge in [0.05, 0.1) is 17.4 Å². The molecule has 3 rings (SSSR count). The summed E-state index contributed by atoms with van der Waals surface area (Å²) in [6.07, 6.45) is 6.10. The first kappa shape index (κ1) is 15.4. The molecule has 1 aromatic carbocycles. The summed E-state index contributed by atoms with van der Waals surface area (Å²) in [7, 11) is -3.66. The smallest absolute Gasteiger partial charge is 0.265 e. The number of anilines is 1. The molecule has 118 valence electrons.